The molecule has 0 N–H and O–H groups in total. The SMILES string of the molecule is CC.Cc1c2c(c3ncncc3c1C)N=CC1(O2)C2CC3CC(CC(C3)N1C)C2. The lowest BCUT2D eigenvalue weighted by atomic mass is 9.67. The van der Waals surface area contributed by atoms with Gasteiger partial charge in [-0.3, -0.25) is 4.90 Å². The van der Waals surface area contributed by atoms with Crippen molar-refractivity contribution in [3.05, 3.63) is 23.7 Å². The number of nitrogens with zero attached hydrogens (tertiary/aromatic N) is 4. The van der Waals surface area contributed by atoms with Gasteiger partial charge < -0.3 is 4.74 Å². The van der Waals surface area contributed by atoms with Gasteiger partial charge in [-0.05, 0) is 76.0 Å². The highest BCUT2D eigenvalue weighted by atomic mass is 16.5. The van der Waals surface area contributed by atoms with Crippen molar-refractivity contribution in [1.29, 1.82) is 0 Å². The minimum atomic E-state index is -0.403. The van der Waals surface area contributed by atoms with E-state index in [1.165, 1.54) is 43.2 Å². The Labute approximate surface area is 173 Å². The molecule has 1 aromatic carbocycles. The third-order valence-corrected chi connectivity index (χ3v) is 7.90. The van der Waals surface area contributed by atoms with Gasteiger partial charge >= 0.3 is 0 Å². The van der Waals surface area contributed by atoms with Crippen molar-refractivity contribution in [1.82, 2.24) is 14.9 Å². The number of aliphatic imine (C=N–C) groups is 1. The fourth-order valence-corrected chi connectivity index (χ4v) is 6.44. The van der Waals surface area contributed by atoms with E-state index in [1.807, 2.05) is 20.0 Å². The van der Waals surface area contributed by atoms with Crippen molar-refractivity contribution in [2.24, 2.45) is 22.7 Å². The van der Waals surface area contributed by atoms with Gasteiger partial charge in [-0.2, -0.15) is 0 Å². The lowest BCUT2D eigenvalue weighted by Crippen LogP contribution is -2.59. The van der Waals surface area contributed by atoms with E-state index in [4.69, 9.17) is 9.73 Å². The molecule has 5 nitrogen and oxygen atoms in total. The Morgan fingerprint density at radius 1 is 1.03 bits per heavy atom. The maximum Gasteiger partial charge on any atom is 0.202 e. The van der Waals surface area contributed by atoms with Crippen molar-refractivity contribution < 1.29 is 4.74 Å². The van der Waals surface area contributed by atoms with Gasteiger partial charge in [-0.25, -0.2) is 15.0 Å². The number of ether oxygens (including phenoxy) is 1. The Morgan fingerprint density at radius 2 is 1.76 bits per heavy atom. The molecule has 29 heavy (non-hydrogen) atoms. The van der Waals surface area contributed by atoms with Crippen molar-refractivity contribution in [2.45, 2.75) is 71.6 Å². The zero-order valence-corrected chi connectivity index (χ0v) is 18.3. The van der Waals surface area contributed by atoms with Crippen LogP contribution in [-0.4, -0.2) is 39.9 Å². The molecule has 154 valence electrons. The summed E-state index contributed by atoms with van der Waals surface area (Å²) in [6, 6.07) is 0.610. The Balaban J connectivity index is 0.000000882. The number of fused-ring (bicyclic) bond motifs is 3. The van der Waals surface area contributed by atoms with Crippen molar-refractivity contribution in [2.75, 3.05) is 7.05 Å². The van der Waals surface area contributed by atoms with Crippen LogP contribution in [0.2, 0.25) is 0 Å². The molecule has 3 atom stereocenters. The maximum absolute atomic E-state index is 6.97. The van der Waals surface area contributed by atoms with E-state index in [-0.39, 0.29) is 0 Å². The lowest BCUT2D eigenvalue weighted by Gasteiger charge is -2.46. The maximum atomic E-state index is 6.97. The van der Waals surface area contributed by atoms with E-state index >= 15 is 0 Å². The fourth-order valence-electron chi connectivity index (χ4n) is 6.44. The van der Waals surface area contributed by atoms with Crippen LogP contribution in [0.15, 0.2) is 17.5 Å². The Kier molecular flexibility index (Phi) is 4.43. The summed E-state index contributed by atoms with van der Waals surface area (Å²) < 4.78 is 6.97. The van der Waals surface area contributed by atoms with Crippen LogP contribution in [-0.2, 0) is 0 Å². The second-order valence-corrected chi connectivity index (χ2v) is 9.20. The van der Waals surface area contributed by atoms with E-state index in [0.717, 1.165) is 34.2 Å². The molecule has 4 heterocycles. The van der Waals surface area contributed by atoms with Crippen LogP contribution in [0.3, 0.4) is 0 Å². The molecule has 5 heteroatoms. The third-order valence-electron chi connectivity index (χ3n) is 7.90. The van der Waals surface area contributed by atoms with Crippen LogP contribution < -0.4 is 4.74 Å². The van der Waals surface area contributed by atoms with Crippen LogP contribution in [0.1, 0.15) is 57.1 Å². The fraction of sp³-hybridized carbons (Fsp3) is 0.625. The molecule has 3 unspecified atom stereocenters. The normalized spacial score (nSPS) is 34.5. The summed E-state index contributed by atoms with van der Waals surface area (Å²) in [7, 11) is 2.26. The third kappa shape index (κ3) is 2.59. The zero-order valence-electron chi connectivity index (χ0n) is 18.3. The first-order chi connectivity index (χ1) is 14.1. The highest BCUT2D eigenvalue weighted by Gasteiger charge is 2.56. The van der Waals surface area contributed by atoms with Gasteiger partial charge in [0, 0.05) is 23.5 Å². The van der Waals surface area contributed by atoms with Gasteiger partial charge in [0.15, 0.2) is 5.75 Å². The molecule has 0 amide bonds. The first-order valence-electron chi connectivity index (χ1n) is 11.3. The van der Waals surface area contributed by atoms with E-state index in [9.17, 15) is 0 Å². The number of hydrogen-bond acceptors (Lipinski definition) is 5. The molecule has 4 bridgehead atoms. The van der Waals surface area contributed by atoms with Gasteiger partial charge in [-0.1, -0.05) is 13.8 Å². The lowest BCUT2D eigenvalue weighted by molar-refractivity contribution is -0.0627. The molecule has 1 spiro atoms. The molecule has 5 aliphatic rings. The average Bonchev–Trinajstić information content (AvgIpc) is 2.87. The highest BCUT2D eigenvalue weighted by Crippen LogP contribution is 2.55. The van der Waals surface area contributed by atoms with Crippen molar-refractivity contribution >= 4 is 22.8 Å². The van der Waals surface area contributed by atoms with Gasteiger partial charge in [0.1, 0.15) is 17.5 Å². The van der Waals surface area contributed by atoms with Crippen LogP contribution in [0, 0.1) is 31.6 Å². The van der Waals surface area contributed by atoms with Crippen molar-refractivity contribution in [3.8, 4) is 5.75 Å². The summed E-state index contributed by atoms with van der Waals surface area (Å²) in [4.78, 5) is 16.3. The number of benzene rings is 1. The Morgan fingerprint density at radius 3 is 2.48 bits per heavy atom. The van der Waals surface area contributed by atoms with E-state index in [1.54, 1.807) is 6.33 Å². The average molecular weight is 393 g/mol. The molecule has 1 aromatic heterocycles. The van der Waals surface area contributed by atoms with Crippen LogP contribution in [0.5, 0.6) is 5.75 Å². The molecule has 2 aromatic rings. The number of hydrogen-bond donors (Lipinski definition) is 0. The largest absolute Gasteiger partial charge is 0.464 e. The van der Waals surface area contributed by atoms with E-state index < -0.39 is 5.72 Å². The van der Waals surface area contributed by atoms with Crippen LogP contribution in [0.4, 0.5) is 5.69 Å². The minimum Gasteiger partial charge on any atom is -0.464 e. The summed E-state index contributed by atoms with van der Waals surface area (Å²) in [5.74, 6) is 3.17. The topological polar surface area (TPSA) is 50.6 Å². The zero-order chi connectivity index (χ0) is 20.3. The molecule has 2 saturated carbocycles. The van der Waals surface area contributed by atoms with E-state index in [2.05, 4.69) is 42.0 Å². The van der Waals surface area contributed by atoms with Gasteiger partial charge in [0.25, 0.3) is 0 Å². The Hall–Kier alpha value is -2.01. The Bertz CT molecular complexity index is 972. The molecule has 4 fully saturated rings. The molecule has 7 rings (SSSR count). The molecular weight excluding hydrogens is 360 g/mol. The first kappa shape index (κ1) is 19.0. The van der Waals surface area contributed by atoms with Crippen molar-refractivity contribution in [3.63, 3.8) is 0 Å². The minimum absolute atomic E-state index is 0.403. The second kappa shape index (κ2) is 6.76. The number of aromatic nitrogens is 2. The summed E-state index contributed by atoms with van der Waals surface area (Å²) in [6.45, 7) is 8.29. The first-order valence-corrected chi connectivity index (χ1v) is 11.3. The molecule has 0 radical (unpaired) electrons. The van der Waals surface area contributed by atoms with Crippen LogP contribution in [0.25, 0.3) is 10.9 Å². The molecular formula is C24H32N4O. The van der Waals surface area contributed by atoms with E-state index in [0.29, 0.717) is 12.0 Å². The molecule has 3 aliphatic heterocycles. The second-order valence-electron chi connectivity index (χ2n) is 9.20. The predicted molar refractivity (Wildman–Crippen MR) is 117 cm³/mol. The summed E-state index contributed by atoms with van der Waals surface area (Å²) in [5.41, 5.74) is 3.73. The number of aryl methyl sites for hydroxylation is 1. The van der Waals surface area contributed by atoms with Crippen LogP contribution >= 0.6 is 0 Å². The summed E-state index contributed by atoms with van der Waals surface area (Å²) in [5, 5.41) is 1.07. The molecule has 2 saturated heterocycles. The van der Waals surface area contributed by atoms with Gasteiger partial charge in [0.05, 0.1) is 6.21 Å². The van der Waals surface area contributed by atoms with Gasteiger partial charge in [-0.15, -0.1) is 0 Å². The molecule has 2 aliphatic carbocycles. The standard InChI is InChI=1S/C22H26N4O.C2H6/c1-12-13(2)21-20(19-18(12)9-23-11-25-19)24-10-22(27-21)16-5-14-4-15(6-16)8-17(7-14)26(22)3;1-2/h9-11,14-17H,4-8H2,1-3H3;1-2H3. The quantitative estimate of drug-likeness (QED) is 0.618. The highest BCUT2D eigenvalue weighted by molar-refractivity contribution is 5.98. The number of rotatable bonds is 0. The van der Waals surface area contributed by atoms with Gasteiger partial charge in [0.2, 0.25) is 5.72 Å². The smallest absolute Gasteiger partial charge is 0.202 e. The predicted octanol–water partition coefficient (Wildman–Crippen LogP) is 5.20. The summed E-state index contributed by atoms with van der Waals surface area (Å²) >= 11 is 0. The summed E-state index contributed by atoms with van der Waals surface area (Å²) in [6.07, 6.45) is 12.2. The monoisotopic (exact) mass is 392 g/mol.